The van der Waals surface area contributed by atoms with E-state index in [-0.39, 0.29) is 17.3 Å². The standard InChI is InChI=1S/C19H19FN4O2S/c1-12(25)24-8-6-23(7-9-24)10-16-21-18(26)17-14(11-27-19(17)22-16)13-4-2-3-5-15(13)20/h2-5,11H,6-10H2,1H3,(H,21,22,26). The number of aromatic nitrogens is 2. The molecule has 1 amide bonds. The molecule has 0 bridgehead atoms. The number of aromatic amines is 1. The number of halogens is 1. The minimum absolute atomic E-state index is 0.0851. The summed E-state index contributed by atoms with van der Waals surface area (Å²) >= 11 is 1.34. The van der Waals surface area contributed by atoms with E-state index in [0.29, 0.717) is 46.8 Å². The Bertz CT molecular complexity index is 1050. The molecule has 1 aromatic carbocycles. The Labute approximate surface area is 159 Å². The lowest BCUT2D eigenvalue weighted by molar-refractivity contribution is -0.130. The van der Waals surface area contributed by atoms with E-state index in [1.54, 1.807) is 30.5 Å². The largest absolute Gasteiger partial charge is 0.340 e. The van der Waals surface area contributed by atoms with Gasteiger partial charge >= 0.3 is 0 Å². The van der Waals surface area contributed by atoms with Crippen molar-refractivity contribution in [2.75, 3.05) is 26.2 Å². The first-order valence-corrected chi connectivity index (χ1v) is 9.64. The molecule has 1 N–H and O–H groups in total. The Hall–Kier alpha value is -2.58. The Balaban J connectivity index is 1.60. The monoisotopic (exact) mass is 386 g/mol. The zero-order valence-electron chi connectivity index (χ0n) is 14.9. The van der Waals surface area contributed by atoms with Crippen LogP contribution in [0.1, 0.15) is 12.7 Å². The van der Waals surface area contributed by atoms with Crippen LogP contribution in [0.3, 0.4) is 0 Å². The fraction of sp³-hybridized carbons (Fsp3) is 0.316. The number of amides is 1. The molecule has 0 aliphatic carbocycles. The van der Waals surface area contributed by atoms with Gasteiger partial charge in [0, 0.05) is 49.6 Å². The molecule has 4 rings (SSSR count). The predicted molar refractivity (Wildman–Crippen MR) is 103 cm³/mol. The summed E-state index contributed by atoms with van der Waals surface area (Å²) in [7, 11) is 0. The number of benzene rings is 1. The van der Waals surface area contributed by atoms with Crippen molar-refractivity contribution in [3.05, 3.63) is 51.6 Å². The number of piperazine rings is 1. The van der Waals surface area contributed by atoms with Gasteiger partial charge in [0.1, 0.15) is 16.5 Å². The van der Waals surface area contributed by atoms with Crippen molar-refractivity contribution in [3.8, 4) is 11.1 Å². The Morgan fingerprint density at radius 1 is 1.22 bits per heavy atom. The first kappa shape index (κ1) is 17.8. The van der Waals surface area contributed by atoms with Crippen molar-refractivity contribution >= 4 is 27.5 Å². The van der Waals surface area contributed by atoms with Crippen molar-refractivity contribution in [2.45, 2.75) is 13.5 Å². The fourth-order valence-electron chi connectivity index (χ4n) is 3.38. The third-order valence-electron chi connectivity index (χ3n) is 4.85. The van der Waals surface area contributed by atoms with Crippen molar-refractivity contribution in [1.29, 1.82) is 0 Å². The summed E-state index contributed by atoms with van der Waals surface area (Å²) < 4.78 is 14.1. The molecular formula is C19H19FN4O2S. The summed E-state index contributed by atoms with van der Waals surface area (Å²) in [4.78, 5) is 36.1. The maximum absolute atomic E-state index is 14.1. The SMILES string of the molecule is CC(=O)N1CCN(Cc2nc3scc(-c4ccccc4F)c3c(=O)[nH]2)CC1. The van der Waals surface area contributed by atoms with Gasteiger partial charge in [-0.2, -0.15) is 0 Å². The second-order valence-electron chi connectivity index (χ2n) is 6.60. The van der Waals surface area contributed by atoms with Crippen molar-refractivity contribution in [3.63, 3.8) is 0 Å². The molecule has 3 heterocycles. The molecule has 2 aromatic heterocycles. The lowest BCUT2D eigenvalue weighted by Crippen LogP contribution is -2.47. The molecule has 0 radical (unpaired) electrons. The molecule has 27 heavy (non-hydrogen) atoms. The molecule has 1 aliphatic rings. The van der Waals surface area contributed by atoms with E-state index in [0.717, 1.165) is 13.1 Å². The quantitative estimate of drug-likeness (QED) is 0.751. The van der Waals surface area contributed by atoms with Crippen LogP contribution in [0.25, 0.3) is 21.3 Å². The van der Waals surface area contributed by atoms with Gasteiger partial charge in [0.2, 0.25) is 5.91 Å². The van der Waals surface area contributed by atoms with Gasteiger partial charge in [0.25, 0.3) is 5.56 Å². The van der Waals surface area contributed by atoms with E-state index in [2.05, 4.69) is 14.9 Å². The van der Waals surface area contributed by atoms with E-state index in [4.69, 9.17) is 0 Å². The highest BCUT2D eigenvalue weighted by Crippen LogP contribution is 2.32. The number of carbonyl (C=O) groups is 1. The Kier molecular flexibility index (Phi) is 4.75. The summed E-state index contributed by atoms with van der Waals surface area (Å²) in [6.45, 7) is 4.94. The highest BCUT2D eigenvalue weighted by atomic mass is 32.1. The van der Waals surface area contributed by atoms with Crippen LogP contribution in [0.2, 0.25) is 0 Å². The fourth-order valence-corrected chi connectivity index (χ4v) is 4.34. The van der Waals surface area contributed by atoms with Crippen LogP contribution in [0.5, 0.6) is 0 Å². The van der Waals surface area contributed by atoms with E-state index in [9.17, 15) is 14.0 Å². The Morgan fingerprint density at radius 3 is 2.67 bits per heavy atom. The van der Waals surface area contributed by atoms with Crippen LogP contribution in [0.4, 0.5) is 4.39 Å². The van der Waals surface area contributed by atoms with Gasteiger partial charge in [-0.25, -0.2) is 9.37 Å². The maximum Gasteiger partial charge on any atom is 0.260 e. The summed E-state index contributed by atoms with van der Waals surface area (Å²) in [5.74, 6) is 0.316. The zero-order chi connectivity index (χ0) is 19.0. The molecular weight excluding hydrogens is 367 g/mol. The first-order chi connectivity index (χ1) is 13.0. The van der Waals surface area contributed by atoms with E-state index >= 15 is 0 Å². The van der Waals surface area contributed by atoms with Crippen molar-refractivity contribution in [1.82, 2.24) is 19.8 Å². The smallest absolute Gasteiger partial charge is 0.260 e. The normalized spacial score (nSPS) is 15.4. The van der Waals surface area contributed by atoms with E-state index in [1.807, 2.05) is 4.90 Å². The van der Waals surface area contributed by atoms with E-state index < -0.39 is 0 Å². The number of rotatable bonds is 3. The topological polar surface area (TPSA) is 69.3 Å². The Morgan fingerprint density at radius 2 is 1.96 bits per heavy atom. The van der Waals surface area contributed by atoms with Crippen molar-refractivity contribution < 1.29 is 9.18 Å². The third kappa shape index (κ3) is 3.50. The van der Waals surface area contributed by atoms with Crippen LogP contribution >= 0.6 is 11.3 Å². The molecule has 3 aromatic rings. The number of thiophene rings is 1. The summed E-state index contributed by atoms with van der Waals surface area (Å²) in [5.41, 5.74) is 0.726. The van der Waals surface area contributed by atoms with Crippen molar-refractivity contribution in [2.24, 2.45) is 0 Å². The lowest BCUT2D eigenvalue weighted by atomic mass is 10.1. The molecule has 6 nitrogen and oxygen atoms in total. The van der Waals surface area contributed by atoms with Crippen LogP contribution in [0.15, 0.2) is 34.4 Å². The molecule has 0 unspecified atom stereocenters. The third-order valence-corrected chi connectivity index (χ3v) is 5.72. The number of H-pyrrole nitrogens is 1. The molecule has 1 aliphatic heterocycles. The number of nitrogens with zero attached hydrogens (tertiary/aromatic N) is 3. The lowest BCUT2D eigenvalue weighted by Gasteiger charge is -2.33. The molecule has 1 fully saturated rings. The van der Waals surface area contributed by atoms with Gasteiger partial charge in [-0.1, -0.05) is 18.2 Å². The highest BCUT2D eigenvalue weighted by Gasteiger charge is 2.20. The number of nitrogens with one attached hydrogen (secondary N) is 1. The summed E-state index contributed by atoms with van der Waals surface area (Å²) in [6.07, 6.45) is 0. The maximum atomic E-state index is 14.1. The molecule has 0 saturated carbocycles. The second kappa shape index (κ2) is 7.21. The van der Waals surface area contributed by atoms with Crippen LogP contribution in [-0.4, -0.2) is 51.9 Å². The number of carbonyl (C=O) groups excluding carboxylic acids is 1. The number of hydrogen-bond donors (Lipinski definition) is 1. The first-order valence-electron chi connectivity index (χ1n) is 8.76. The summed E-state index contributed by atoms with van der Waals surface area (Å²) in [5, 5.41) is 2.20. The van der Waals surface area contributed by atoms with Gasteiger partial charge < -0.3 is 9.88 Å². The van der Waals surface area contributed by atoms with Gasteiger partial charge in [-0.3, -0.25) is 14.5 Å². The van der Waals surface area contributed by atoms with Gasteiger partial charge in [-0.15, -0.1) is 11.3 Å². The molecule has 0 atom stereocenters. The molecule has 1 saturated heterocycles. The molecule has 0 spiro atoms. The zero-order valence-corrected chi connectivity index (χ0v) is 15.7. The number of fused-ring (bicyclic) bond motifs is 1. The second-order valence-corrected chi connectivity index (χ2v) is 7.46. The minimum atomic E-state index is -0.357. The number of hydrogen-bond acceptors (Lipinski definition) is 5. The highest BCUT2D eigenvalue weighted by molar-refractivity contribution is 7.17. The summed E-state index contributed by atoms with van der Waals surface area (Å²) in [6, 6.07) is 6.42. The predicted octanol–water partition coefficient (Wildman–Crippen LogP) is 2.45. The van der Waals surface area contributed by atoms with Gasteiger partial charge in [0.05, 0.1) is 11.9 Å². The molecule has 140 valence electrons. The van der Waals surface area contributed by atoms with Gasteiger partial charge in [-0.05, 0) is 6.07 Å². The van der Waals surface area contributed by atoms with Crippen LogP contribution in [-0.2, 0) is 11.3 Å². The van der Waals surface area contributed by atoms with Gasteiger partial charge in [0.15, 0.2) is 0 Å². The van der Waals surface area contributed by atoms with E-state index in [1.165, 1.54) is 17.4 Å². The average molecular weight is 386 g/mol. The average Bonchev–Trinajstić information content (AvgIpc) is 3.07. The van der Waals surface area contributed by atoms with Crippen LogP contribution in [0, 0.1) is 5.82 Å². The van der Waals surface area contributed by atoms with Crippen LogP contribution < -0.4 is 5.56 Å². The molecule has 8 heteroatoms. The minimum Gasteiger partial charge on any atom is -0.340 e.